The summed E-state index contributed by atoms with van der Waals surface area (Å²) in [4.78, 5) is 68.1. The number of carboxylic acids is 3. The monoisotopic (exact) mass is 504 g/mol. The van der Waals surface area contributed by atoms with Crippen LogP contribution < -0.4 is 21.7 Å². The van der Waals surface area contributed by atoms with Crippen molar-refractivity contribution in [1.82, 2.24) is 16.0 Å². The van der Waals surface area contributed by atoms with Crippen LogP contribution in [0.3, 0.4) is 0 Å². The summed E-state index contributed by atoms with van der Waals surface area (Å²) in [6.07, 6.45) is 3.35. The van der Waals surface area contributed by atoms with Gasteiger partial charge in [-0.2, -0.15) is 0 Å². The molecule has 0 spiro atoms. The quantitative estimate of drug-likeness (QED) is 0.0816. The molecule has 0 rings (SSSR count). The highest BCUT2D eigenvalue weighted by molar-refractivity contribution is 5.89. The summed E-state index contributed by atoms with van der Waals surface area (Å²) in [6, 6.07) is -4.87. The Morgan fingerprint density at radius 1 is 0.857 bits per heavy atom. The number of carboxylic acid groups (broad SMARTS) is 3. The van der Waals surface area contributed by atoms with Crippen LogP contribution in [0.5, 0.6) is 0 Å². The Bertz CT molecular complexity index is 718. The Morgan fingerprint density at radius 3 is 2.09 bits per heavy atom. The van der Waals surface area contributed by atoms with Crippen molar-refractivity contribution in [1.29, 1.82) is 0 Å². The van der Waals surface area contributed by atoms with Gasteiger partial charge in [0.25, 0.3) is 0 Å². The molecule has 0 aliphatic rings. The molecule has 14 heteroatoms. The molecule has 0 aromatic rings. The van der Waals surface area contributed by atoms with Crippen molar-refractivity contribution < 1.29 is 48.8 Å². The highest BCUT2D eigenvalue weighted by Crippen LogP contribution is 2.06. The summed E-state index contributed by atoms with van der Waals surface area (Å²) >= 11 is 0. The van der Waals surface area contributed by atoms with Gasteiger partial charge in [0.2, 0.25) is 5.91 Å². The highest BCUT2D eigenvalue weighted by atomic mass is 16.6. The second-order valence-electron chi connectivity index (χ2n) is 7.95. The molecule has 2 amide bonds. The fourth-order valence-electron chi connectivity index (χ4n) is 2.85. The largest absolute Gasteiger partial charge is 0.480 e. The Balaban J connectivity index is 4.78. The summed E-state index contributed by atoms with van der Waals surface area (Å²) in [7, 11) is 0. The number of aliphatic carboxylic acids is 3. The first-order valence-electron chi connectivity index (χ1n) is 11.3. The lowest BCUT2D eigenvalue weighted by atomic mass is 10.0. The van der Waals surface area contributed by atoms with E-state index in [1.807, 2.05) is 0 Å². The molecule has 8 N–H and O–H groups in total. The number of nitrogens with one attached hydrogen (secondary N) is 3. The van der Waals surface area contributed by atoms with Crippen LogP contribution in [-0.2, 0) is 28.7 Å². The molecule has 0 aliphatic heterocycles. The number of amides is 2. The Kier molecular flexibility index (Phi) is 16.4. The minimum Gasteiger partial charge on any atom is -0.480 e. The minimum absolute atomic E-state index is 0.00444. The molecule has 0 radical (unpaired) electrons. The van der Waals surface area contributed by atoms with Gasteiger partial charge in [0, 0.05) is 6.42 Å². The van der Waals surface area contributed by atoms with E-state index in [1.54, 1.807) is 0 Å². The molecule has 0 fully saturated rings. The van der Waals surface area contributed by atoms with Gasteiger partial charge in [-0.05, 0) is 45.6 Å². The van der Waals surface area contributed by atoms with Crippen molar-refractivity contribution in [2.75, 3.05) is 13.2 Å². The molecule has 0 unspecified atom stereocenters. The third-order valence-electron chi connectivity index (χ3n) is 4.98. The van der Waals surface area contributed by atoms with E-state index in [-0.39, 0.29) is 19.3 Å². The van der Waals surface area contributed by atoms with Crippen LogP contribution in [0.1, 0.15) is 58.3 Å². The van der Waals surface area contributed by atoms with E-state index in [0.29, 0.717) is 19.4 Å². The number of aldehydes is 1. The fraction of sp³-hybridized carbons (Fsp3) is 0.714. The van der Waals surface area contributed by atoms with Gasteiger partial charge in [-0.1, -0.05) is 12.8 Å². The summed E-state index contributed by atoms with van der Waals surface area (Å²) < 4.78 is 4.93. The van der Waals surface area contributed by atoms with Crippen LogP contribution in [-0.4, -0.2) is 88.8 Å². The Hall–Kier alpha value is -3.26. The van der Waals surface area contributed by atoms with Gasteiger partial charge in [0.15, 0.2) is 0 Å². The predicted octanol–water partition coefficient (Wildman–Crippen LogP) is -0.555. The summed E-state index contributed by atoms with van der Waals surface area (Å²) in [5.74, 6) is -4.60. The molecule has 0 aromatic heterocycles. The number of rotatable bonds is 20. The fourth-order valence-corrected chi connectivity index (χ4v) is 2.85. The predicted molar refractivity (Wildman–Crippen MR) is 122 cm³/mol. The number of hydrogen-bond acceptors (Lipinski definition) is 9. The van der Waals surface area contributed by atoms with E-state index in [4.69, 9.17) is 20.7 Å². The zero-order chi connectivity index (χ0) is 26.8. The zero-order valence-corrected chi connectivity index (χ0v) is 19.7. The lowest BCUT2D eigenvalue weighted by Gasteiger charge is -2.21. The highest BCUT2D eigenvalue weighted by Gasteiger charge is 2.26. The second-order valence-corrected chi connectivity index (χ2v) is 7.95. The molecule has 0 aromatic carbocycles. The Morgan fingerprint density at radius 2 is 1.51 bits per heavy atom. The first-order chi connectivity index (χ1) is 16.5. The van der Waals surface area contributed by atoms with Crippen LogP contribution in [0, 0.1) is 0 Å². The van der Waals surface area contributed by atoms with Crippen molar-refractivity contribution >= 4 is 36.2 Å². The van der Waals surface area contributed by atoms with E-state index in [0.717, 1.165) is 25.5 Å². The average Bonchev–Trinajstić information content (AvgIpc) is 2.78. The summed E-state index contributed by atoms with van der Waals surface area (Å²) in [6.45, 7) is 1.04. The van der Waals surface area contributed by atoms with E-state index < -0.39 is 60.7 Å². The summed E-state index contributed by atoms with van der Waals surface area (Å²) in [5.41, 5.74) is 5.42. The van der Waals surface area contributed by atoms with Gasteiger partial charge in [0.05, 0.1) is 0 Å². The third-order valence-corrected chi connectivity index (χ3v) is 4.98. The molecule has 4 atom stereocenters. The maximum absolute atomic E-state index is 12.4. The van der Waals surface area contributed by atoms with Crippen LogP contribution in [0.4, 0.5) is 4.79 Å². The van der Waals surface area contributed by atoms with Crippen molar-refractivity contribution in [3.8, 4) is 0 Å². The van der Waals surface area contributed by atoms with Gasteiger partial charge in [-0.15, -0.1) is 0 Å². The van der Waals surface area contributed by atoms with E-state index in [9.17, 15) is 33.9 Å². The van der Waals surface area contributed by atoms with Crippen molar-refractivity contribution in [3.63, 3.8) is 0 Å². The first-order valence-corrected chi connectivity index (χ1v) is 11.3. The second kappa shape index (κ2) is 18.1. The lowest BCUT2D eigenvalue weighted by Crippen LogP contribution is -2.51. The standard InChI is InChI=1S/C21H36N4O10/c1-13(18(28)29)24-17(27)15(9-7-8-14(22)19(30)31)25-21(34)35-12-16(20(32)33)23-10-5-3-2-4-6-11-26/h11,13-16,23H,2-10,12,22H2,1H3,(H,24,27)(H,25,34)(H,28,29)(H,30,31)(H,32,33)/t13-,14-,15+,16-/m1/s1. The van der Waals surface area contributed by atoms with Crippen LogP contribution in [0.2, 0.25) is 0 Å². The summed E-state index contributed by atoms with van der Waals surface area (Å²) in [5, 5.41) is 34.3. The zero-order valence-electron chi connectivity index (χ0n) is 19.7. The topological polar surface area (TPSA) is 234 Å². The van der Waals surface area contributed by atoms with E-state index >= 15 is 0 Å². The maximum Gasteiger partial charge on any atom is 0.407 e. The SMILES string of the molecule is C[C@@H](NC(=O)[C@H](CCC[C@@H](N)C(=O)O)NC(=O)OC[C@@H](NCCCCCCC=O)C(=O)O)C(=O)O. The van der Waals surface area contributed by atoms with Crippen molar-refractivity contribution in [2.24, 2.45) is 5.73 Å². The van der Waals surface area contributed by atoms with E-state index in [2.05, 4.69) is 16.0 Å². The van der Waals surface area contributed by atoms with Gasteiger partial charge in [0.1, 0.15) is 37.1 Å². The maximum atomic E-state index is 12.4. The third kappa shape index (κ3) is 15.3. The number of unbranched alkanes of at least 4 members (excludes halogenated alkanes) is 4. The lowest BCUT2D eigenvalue weighted by molar-refractivity contribution is -0.141. The van der Waals surface area contributed by atoms with Gasteiger partial charge in [-0.3, -0.25) is 19.2 Å². The molecule has 0 saturated heterocycles. The molecule has 0 bridgehead atoms. The van der Waals surface area contributed by atoms with Gasteiger partial charge in [-0.25, -0.2) is 4.79 Å². The smallest absolute Gasteiger partial charge is 0.407 e. The number of carbonyl (C=O) groups excluding carboxylic acids is 3. The van der Waals surface area contributed by atoms with Crippen molar-refractivity contribution in [2.45, 2.75) is 82.5 Å². The van der Waals surface area contributed by atoms with E-state index in [1.165, 1.54) is 6.92 Å². The molecule has 0 aliphatic carbocycles. The number of ether oxygens (including phenoxy) is 1. The average molecular weight is 505 g/mol. The molecule has 14 nitrogen and oxygen atoms in total. The van der Waals surface area contributed by atoms with Crippen LogP contribution in [0.25, 0.3) is 0 Å². The number of nitrogens with two attached hydrogens (primary N) is 1. The van der Waals surface area contributed by atoms with Crippen LogP contribution >= 0.6 is 0 Å². The van der Waals surface area contributed by atoms with Crippen LogP contribution in [0.15, 0.2) is 0 Å². The number of hydrogen-bond donors (Lipinski definition) is 7. The normalized spacial score (nSPS) is 14.1. The number of alkyl carbamates (subject to hydrolysis) is 1. The number of carbonyl (C=O) groups is 6. The molecule has 35 heavy (non-hydrogen) atoms. The molecule has 200 valence electrons. The molecular formula is C21H36N4O10. The molecule has 0 heterocycles. The minimum atomic E-state index is -1.30. The van der Waals surface area contributed by atoms with Crippen molar-refractivity contribution in [3.05, 3.63) is 0 Å². The first kappa shape index (κ1) is 31.7. The van der Waals surface area contributed by atoms with Gasteiger partial charge >= 0.3 is 24.0 Å². The molecule has 0 saturated carbocycles. The van der Waals surface area contributed by atoms with Gasteiger partial charge < -0.3 is 46.5 Å². The Labute approximate surface area is 202 Å². The molecular weight excluding hydrogens is 468 g/mol.